The van der Waals surface area contributed by atoms with Crippen molar-refractivity contribution in [2.24, 2.45) is 0 Å². The Morgan fingerprint density at radius 2 is 1.79 bits per heavy atom. The van der Waals surface area contributed by atoms with Crippen molar-refractivity contribution in [3.63, 3.8) is 0 Å². The summed E-state index contributed by atoms with van der Waals surface area (Å²) in [5.41, 5.74) is 0.875. The Morgan fingerprint density at radius 3 is 2.45 bits per heavy atom. The molecule has 0 spiro atoms. The van der Waals surface area contributed by atoms with Crippen LogP contribution < -0.4 is 5.56 Å². The summed E-state index contributed by atoms with van der Waals surface area (Å²) in [6.45, 7) is 6.40. The standard InChI is InChI=1S/C19H21BrN4O3S2/c1-12-13(2)28-19-17(12)18(25)21-16(22-19)11-23-7-9-24(10-8-23)29(26,27)15-5-3-14(20)4-6-15/h3-6H,7-11H2,1-2H3,(H,21,22,25). The van der Waals surface area contributed by atoms with E-state index in [0.29, 0.717) is 48.8 Å². The molecule has 0 radical (unpaired) electrons. The van der Waals surface area contributed by atoms with Crippen molar-refractivity contribution < 1.29 is 8.42 Å². The number of aromatic amines is 1. The van der Waals surface area contributed by atoms with Crippen LogP contribution in [0.25, 0.3) is 10.2 Å². The fraction of sp³-hybridized carbons (Fsp3) is 0.368. The summed E-state index contributed by atoms with van der Waals surface area (Å²) in [6.07, 6.45) is 0. The van der Waals surface area contributed by atoms with Gasteiger partial charge in [0.05, 0.1) is 16.8 Å². The van der Waals surface area contributed by atoms with Crippen molar-refractivity contribution in [2.75, 3.05) is 26.2 Å². The van der Waals surface area contributed by atoms with Gasteiger partial charge in [-0.2, -0.15) is 4.31 Å². The SMILES string of the molecule is Cc1sc2nc(CN3CCN(S(=O)(=O)c4ccc(Br)cc4)CC3)[nH]c(=O)c2c1C. The highest BCUT2D eigenvalue weighted by molar-refractivity contribution is 9.10. The summed E-state index contributed by atoms with van der Waals surface area (Å²) in [5.74, 6) is 0.618. The summed E-state index contributed by atoms with van der Waals surface area (Å²) in [4.78, 5) is 24.2. The number of piperazine rings is 1. The van der Waals surface area contributed by atoms with E-state index in [2.05, 4.69) is 30.8 Å². The molecule has 4 rings (SSSR count). The molecule has 2 aromatic heterocycles. The van der Waals surface area contributed by atoms with E-state index in [0.717, 1.165) is 19.7 Å². The number of hydrogen-bond donors (Lipinski definition) is 1. The number of benzene rings is 1. The Labute approximate surface area is 181 Å². The first-order valence-electron chi connectivity index (χ1n) is 9.22. The Morgan fingerprint density at radius 1 is 1.14 bits per heavy atom. The van der Waals surface area contributed by atoms with Crippen LogP contribution in [0.5, 0.6) is 0 Å². The molecule has 3 heterocycles. The van der Waals surface area contributed by atoms with Crippen LogP contribution in [0.3, 0.4) is 0 Å². The Balaban J connectivity index is 1.46. The molecule has 1 saturated heterocycles. The van der Waals surface area contributed by atoms with Gasteiger partial charge in [-0.15, -0.1) is 11.3 Å². The molecule has 0 saturated carbocycles. The fourth-order valence-electron chi connectivity index (χ4n) is 3.47. The van der Waals surface area contributed by atoms with Crippen LogP contribution in [0.15, 0.2) is 38.4 Å². The van der Waals surface area contributed by atoms with Gasteiger partial charge in [0.2, 0.25) is 10.0 Å². The second-order valence-corrected chi connectivity index (χ2v) is 11.2. The van der Waals surface area contributed by atoms with Crippen LogP contribution >= 0.6 is 27.3 Å². The molecule has 10 heteroatoms. The third kappa shape index (κ3) is 4.04. The van der Waals surface area contributed by atoms with Gasteiger partial charge in [-0.3, -0.25) is 9.69 Å². The number of aromatic nitrogens is 2. The van der Waals surface area contributed by atoms with Crippen molar-refractivity contribution in [2.45, 2.75) is 25.3 Å². The molecule has 1 N–H and O–H groups in total. The minimum absolute atomic E-state index is 0.108. The van der Waals surface area contributed by atoms with E-state index >= 15 is 0 Å². The van der Waals surface area contributed by atoms with Crippen molar-refractivity contribution in [3.05, 3.63) is 55.4 Å². The molecule has 1 aliphatic rings. The molecule has 0 unspecified atom stereocenters. The first-order chi connectivity index (χ1) is 13.8. The second-order valence-electron chi connectivity index (χ2n) is 7.11. The van der Waals surface area contributed by atoms with E-state index in [-0.39, 0.29) is 5.56 Å². The molecule has 154 valence electrons. The van der Waals surface area contributed by atoms with Crippen LogP contribution in [0.2, 0.25) is 0 Å². The van der Waals surface area contributed by atoms with Crippen LogP contribution in [0.4, 0.5) is 0 Å². The number of fused-ring (bicyclic) bond motifs is 1. The third-order valence-electron chi connectivity index (χ3n) is 5.24. The molecule has 1 fully saturated rings. The molecule has 1 aliphatic heterocycles. The lowest BCUT2D eigenvalue weighted by Crippen LogP contribution is -2.48. The predicted molar refractivity (Wildman–Crippen MR) is 118 cm³/mol. The van der Waals surface area contributed by atoms with E-state index in [9.17, 15) is 13.2 Å². The highest BCUT2D eigenvalue weighted by Gasteiger charge is 2.28. The zero-order valence-electron chi connectivity index (χ0n) is 16.1. The van der Waals surface area contributed by atoms with Gasteiger partial charge >= 0.3 is 0 Å². The number of nitrogens with one attached hydrogen (secondary N) is 1. The van der Waals surface area contributed by atoms with E-state index < -0.39 is 10.0 Å². The minimum Gasteiger partial charge on any atom is -0.309 e. The number of halogens is 1. The van der Waals surface area contributed by atoms with Gasteiger partial charge in [0, 0.05) is 35.5 Å². The topological polar surface area (TPSA) is 86.4 Å². The minimum atomic E-state index is -3.50. The van der Waals surface area contributed by atoms with Gasteiger partial charge < -0.3 is 4.98 Å². The largest absolute Gasteiger partial charge is 0.309 e. The van der Waals surface area contributed by atoms with Gasteiger partial charge in [-0.1, -0.05) is 15.9 Å². The average Bonchev–Trinajstić information content (AvgIpc) is 2.96. The second kappa shape index (κ2) is 7.92. The number of H-pyrrole nitrogens is 1. The molecule has 0 bridgehead atoms. The molecular weight excluding hydrogens is 476 g/mol. The van der Waals surface area contributed by atoms with Crippen molar-refractivity contribution >= 4 is 47.5 Å². The average molecular weight is 497 g/mol. The maximum absolute atomic E-state index is 12.8. The number of aryl methyl sites for hydroxylation is 2. The van der Waals surface area contributed by atoms with Crippen LogP contribution in [0, 0.1) is 13.8 Å². The van der Waals surface area contributed by atoms with Gasteiger partial charge in [-0.25, -0.2) is 13.4 Å². The summed E-state index contributed by atoms with van der Waals surface area (Å²) < 4.78 is 28.0. The molecule has 29 heavy (non-hydrogen) atoms. The summed E-state index contributed by atoms with van der Waals surface area (Å²) >= 11 is 4.86. The predicted octanol–water partition coefficient (Wildman–Crippen LogP) is 2.87. The fourth-order valence-corrected chi connectivity index (χ4v) is 6.20. The molecule has 0 atom stereocenters. The zero-order chi connectivity index (χ0) is 20.8. The highest BCUT2D eigenvalue weighted by atomic mass is 79.9. The smallest absolute Gasteiger partial charge is 0.259 e. The van der Waals surface area contributed by atoms with Crippen molar-refractivity contribution in [1.29, 1.82) is 0 Å². The maximum atomic E-state index is 12.8. The van der Waals surface area contributed by atoms with Crippen molar-refractivity contribution in [1.82, 2.24) is 19.2 Å². The normalized spacial score (nSPS) is 16.5. The number of sulfonamides is 1. The summed E-state index contributed by atoms with van der Waals surface area (Å²) in [6, 6.07) is 6.69. The van der Waals surface area contributed by atoms with E-state index in [4.69, 9.17) is 0 Å². The first-order valence-corrected chi connectivity index (χ1v) is 12.3. The first kappa shape index (κ1) is 20.7. The number of nitrogens with zero attached hydrogens (tertiary/aromatic N) is 3. The molecule has 3 aromatic rings. The van der Waals surface area contributed by atoms with Gasteiger partial charge in [0.15, 0.2) is 0 Å². The van der Waals surface area contributed by atoms with Gasteiger partial charge in [-0.05, 0) is 43.7 Å². The highest BCUT2D eigenvalue weighted by Crippen LogP contribution is 2.26. The molecule has 0 amide bonds. The van der Waals surface area contributed by atoms with Crippen molar-refractivity contribution in [3.8, 4) is 0 Å². The molecule has 7 nitrogen and oxygen atoms in total. The number of rotatable bonds is 4. The van der Waals surface area contributed by atoms with E-state index in [1.165, 1.54) is 15.6 Å². The summed E-state index contributed by atoms with van der Waals surface area (Å²) in [7, 11) is -3.50. The lowest BCUT2D eigenvalue weighted by Gasteiger charge is -2.33. The zero-order valence-corrected chi connectivity index (χ0v) is 19.3. The monoisotopic (exact) mass is 496 g/mol. The van der Waals surface area contributed by atoms with Crippen LogP contribution in [0.1, 0.15) is 16.3 Å². The molecule has 1 aromatic carbocycles. The quantitative estimate of drug-likeness (QED) is 0.599. The van der Waals surface area contributed by atoms with Gasteiger partial charge in [0.25, 0.3) is 5.56 Å². The van der Waals surface area contributed by atoms with E-state index in [1.807, 2.05) is 13.8 Å². The Hall–Kier alpha value is -1.59. The lowest BCUT2D eigenvalue weighted by atomic mass is 10.2. The van der Waals surface area contributed by atoms with Crippen LogP contribution in [-0.4, -0.2) is 53.8 Å². The molecular formula is C19H21BrN4O3S2. The number of thiophene rings is 1. The molecule has 0 aliphatic carbocycles. The van der Waals surface area contributed by atoms with Gasteiger partial charge in [0.1, 0.15) is 10.7 Å². The Bertz CT molecular complexity index is 1210. The number of hydrogen-bond acceptors (Lipinski definition) is 6. The Kier molecular flexibility index (Phi) is 5.64. The third-order valence-corrected chi connectivity index (χ3v) is 8.79. The lowest BCUT2D eigenvalue weighted by molar-refractivity contribution is 0.178. The maximum Gasteiger partial charge on any atom is 0.259 e. The van der Waals surface area contributed by atoms with Crippen LogP contribution in [-0.2, 0) is 16.6 Å². The summed E-state index contributed by atoms with van der Waals surface area (Å²) in [5, 5.41) is 0.668. The van der Waals surface area contributed by atoms with E-state index in [1.54, 1.807) is 24.3 Å².